The third kappa shape index (κ3) is 3.43. The molecule has 0 fully saturated rings. The molecule has 0 aliphatic carbocycles. The van der Waals surface area contributed by atoms with Crippen LogP contribution < -0.4 is 0 Å². The average Bonchev–Trinajstić information content (AvgIpc) is 2.28. The Balaban J connectivity index is 2.02. The summed E-state index contributed by atoms with van der Waals surface area (Å²) in [5.74, 6) is 1.70. The molecule has 1 heterocycles. The summed E-state index contributed by atoms with van der Waals surface area (Å²) in [7, 11) is 0. The van der Waals surface area contributed by atoms with Crippen LogP contribution in [-0.2, 0) is 5.75 Å². The van der Waals surface area contributed by atoms with Gasteiger partial charge in [0.05, 0.1) is 5.75 Å². The highest BCUT2D eigenvalue weighted by Crippen LogP contribution is 2.22. The molecule has 1 aromatic heterocycles. The van der Waals surface area contributed by atoms with Gasteiger partial charge < -0.3 is 4.98 Å². The predicted octanol–water partition coefficient (Wildman–Crippen LogP) is 4.19. The summed E-state index contributed by atoms with van der Waals surface area (Å²) in [5.41, 5.74) is 0. The predicted molar refractivity (Wildman–Crippen MR) is 73.1 cm³/mol. The van der Waals surface area contributed by atoms with Crippen LogP contribution in [0.15, 0.2) is 45.9 Å². The van der Waals surface area contributed by atoms with Gasteiger partial charge >= 0.3 is 0 Å². The summed E-state index contributed by atoms with van der Waals surface area (Å²) in [4.78, 5) is 8.50. The SMILES string of the molecule is S=c1ccnc(CSc2ccc(Br)cc2)[nH]1. The fourth-order valence-corrected chi connectivity index (χ4v) is 2.39. The normalized spacial score (nSPS) is 10.3. The molecule has 5 heteroatoms. The third-order valence-electron chi connectivity index (χ3n) is 1.91. The number of benzene rings is 1. The molecular weight excluding hydrogens is 304 g/mol. The molecule has 2 nitrogen and oxygen atoms in total. The Morgan fingerprint density at radius 2 is 2.00 bits per heavy atom. The Labute approximate surface area is 112 Å². The molecule has 82 valence electrons. The molecule has 0 radical (unpaired) electrons. The van der Waals surface area contributed by atoms with Crippen molar-refractivity contribution >= 4 is 39.9 Å². The summed E-state index contributed by atoms with van der Waals surface area (Å²) < 4.78 is 1.82. The second kappa shape index (κ2) is 5.61. The largest absolute Gasteiger partial charge is 0.334 e. The molecule has 0 saturated heterocycles. The molecule has 0 amide bonds. The van der Waals surface area contributed by atoms with Gasteiger partial charge in [-0.25, -0.2) is 4.98 Å². The van der Waals surface area contributed by atoms with E-state index in [1.54, 1.807) is 24.0 Å². The smallest absolute Gasteiger partial charge is 0.117 e. The van der Waals surface area contributed by atoms with Crippen molar-refractivity contribution in [1.82, 2.24) is 9.97 Å². The van der Waals surface area contributed by atoms with Crippen molar-refractivity contribution in [3.05, 3.63) is 51.5 Å². The number of nitrogens with zero attached hydrogens (tertiary/aromatic N) is 1. The number of hydrogen-bond acceptors (Lipinski definition) is 3. The van der Waals surface area contributed by atoms with Crippen molar-refractivity contribution in [3.63, 3.8) is 0 Å². The molecule has 0 atom stereocenters. The van der Waals surface area contributed by atoms with Crippen LogP contribution in [0.3, 0.4) is 0 Å². The van der Waals surface area contributed by atoms with E-state index in [1.165, 1.54) is 4.90 Å². The lowest BCUT2D eigenvalue weighted by molar-refractivity contribution is 1.02. The lowest BCUT2D eigenvalue weighted by Crippen LogP contribution is -1.90. The van der Waals surface area contributed by atoms with E-state index in [-0.39, 0.29) is 0 Å². The quantitative estimate of drug-likeness (QED) is 0.680. The zero-order valence-corrected chi connectivity index (χ0v) is 11.5. The minimum absolute atomic E-state index is 0.724. The molecule has 16 heavy (non-hydrogen) atoms. The van der Waals surface area contributed by atoms with Gasteiger partial charge in [-0.15, -0.1) is 11.8 Å². The molecular formula is C11H9BrN2S2. The second-order valence-electron chi connectivity index (χ2n) is 3.12. The van der Waals surface area contributed by atoms with E-state index in [1.807, 2.05) is 12.1 Å². The number of nitrogens with one attached hydrogen (secondary N) is 1. The van der Waals surface area contributed by atoms with Crippen LogP contribution in [0.1, 0.15) is 5.82 Å². The van der Waals surface area contributed by atoms with E-state index in [0.717, 1.165) is 20.7 Å². The zero-order valence-electron chi connectivity index (χ0n) is 8.31. The number of aromatic amines is 1. The van der Waals surface area contributed by atoms with Crippen molar-refractivity contribution in [3.8, 4) is 0 Å². The Kier molecular flexibility index (Phi) is 4.15. The summed E-state index contributed by atoms with van der Waals surface area (Å²) in [6, 6.07) is 9.99. The monoisotopic (exact) mass is 312 g/mol. The summed E-state index contributed by atoms with van der Waals surface area (Å²) in [6.45, 7) is 0. The average molecular weight is 313 g/mol. The number of H-pyrrole nitrogens is 1. The van der Waals surface area contributed by atoms with Gasteiger partial charge in [-0.3, -0.25) is 0 Å². The van der Waals surface area contributed by atoms with E-state index in [0.29, 0.717) is 0 Å². The van der Waals surface area contributed by atoms with Crippen LogP contribution in [-0.4, -0.2) is 9.97 Å². The molecule has 0 saturated carbocycles. The lowest BCUT2D eigenvalue weighted by atomic mass is 10.4. The minimum atomic E-state index is 0.724. The van der Waals surface area contributed by atoms with Gasteiger partial charge in [0.2, 0.25) is 0 Å². The highest BCUT2D eigenvalue weighted by molar-refractivity contribution is 9.10. The molecule has 0 aliphatic rings. The van der Waals surface area contributed by atoms with E-state index in [4.69, 9.17) is 12.2 Å². The molecule has 0 aliphatic heterocycles. The van der Waals surface area contributed by atoms with E-state index < -0.39 is 0 Å². The summed E-state index contributed by atoms with van der Waals surface area (Å²) >= 11 is 10.2. The molecule has 2 aromatic rings. The second-order valence-corrected chi connectivity index (χ2v) is 5.53. The third-order valence-corrected chi connectivity index (χ3v) is 3.70. The fraction of sp³-hybridized carbons (Fsp3) is 0.0909. The first-order valence-electron chi connectivity index (χ1n) is 4.66. The molecule has 1 N–H and O–H groups in total. The standard InChI is InChI=1S/C11H9BrN2S2/c12-8-1-3-9(4-2-8)16-7-10-13-6-5-11(15)14-10/h1-6H,7H2,(H,13,14,15). The maximum absolute atomic E-state index is 5.04. The van der Waals surface area contributed by atoms with Gasteiger partial charge in [0.15, 0.2) is 0 Å². The van der Waals surface area contributed by atoms with Crippen molar-refractivity contribution in [1.29, 1.82) is 0 Å². The van der Waals surface area contributed by atoms with Crippen molar-refractivity contribution in [2.45, 2.75) is 10.6 Å². The van der Waals surface area contributed by atoms with Gasteiger partial charge in [-0.05, 0) is 30.3 Å². The topological polar surface area (TPSA) is 28.7 Å². The van der Waals surface area contributed by atoms with Crippen molar-refractivity contribution in [2.75, 3.05) is 0 Å². The maximum atomic E-state index is 5.04. The van der Waals surface area contributed by atoms with Crippen LogP contribution >= 0.6 is 39.9 Å². The first kappa shape index (κ1) is 11.8. The highest BCUT2D eigenvalue weighted by Gasteiger charge is 1.97. The van der Waals surface area contributed by atoms with Crippen LogP contribution in [0.25, 0.3) is 0 Å². The Morgan fingerprint density at radius 1 is 1.25 bits per heavy atom. The summed E-state index contributed by atoms with van der Waals surface area (Å²) in [6.07, 6.45) is 1.73. The van der Waals surface area contributed by atoms with E-state index in [2.05, 4.69) is 38.0 Å². The molecule has 0 spiro atoms. The van der Waals surface area contributed by atoms with Gasteiger partial charge in [-0.1, -0.05) is 28.1 Å². The minimum Gasteiger partial charge on any atom is -0.334 e. The number of hydrogen-bond donors (Lipinski definition) is 1. The number of halogens is 1. The number of rotatable bonds is 3. The van der Waals surface area contributed by atoms with Crippen LogP contribution in [0, 0.1) is 4.64 Å². The molecule has 0 bridgehead atoms. The van der Waals surface area contributed by atoms with Gasteiger partial charge in [-0.2, -0.15) is 0 Å². The van der Waals surface area contributed by atoms with Crippen molar-refractivity contribution < 1.29 is 0 Å². The first-order valence-corrected chi connectivity index (χ1v) is 6.85. The molecule has 2 rings (SSSR count). The van der Waals surface area contributed by atoms with Crippen LogP contribution in [0.2, 0.25) is 0 Å². The van der Waals surface area contributed by atoms with Crippen molar-refractivity contribution in [2.24, 2.45) is 0 Å². The van der Waals surface area contributed by atoms with E-state index >= 15 is 0 Å². The number of aromatic nitrogens is 2. The molecule has 0 unspecified atom stereocenters. The maximum Gasteiger partial charge on any atom is 0.117 e. The van der Waals surface area contributed by atoms with E-state index in [9.17, 15) is 0 Å². The zero-order chi connectivity index (χ0) is 11.4. The van der Waals surface area contributed by atoms with Gasteiger partial charge in [0.25, 0.3) is 0 Å². The fourth-order valence-electron chi connectivity index (χ4n) is 1.17. The highest BCUT2D eigenvalue weighted by atomic mass is 79.9. The Hall–Kier alpha value is -0.650. The van der Waals surface area contributed by atoms with Crippen LogP contribution in [0.5, 0.6) is 0 Å². The lowest BCUT2D eigenvalue weighted by Gasteiger charge is -2.01. The first-order chi connectivity index (χ1) is 7.74. The Bertz CT molecular complexity index is 522. The van der Waals surface area contributed by atoms with Gasteiger partial charge in [0, 0.05) is 15.6 Å². The Morgan fingerprint density at radius 3 is 2.69 bits per heavy atom. The van der Waals surface area contributed by atoms with Crippen LogP contribution in [0.4, 0.5) is 0 Å². The van der Waals surface area contributed by atoms with Gasteiger partial charge in [0.1, 0.15) is 10.5 Å². The summed E-state index contributed by atoms with van der Waals surface area (Å²) in [5, 5.41) is 0. The molecule has 1 aromatic carbocycles. The number of thioether (sulfide) groups is 1.